The highest BCUT2D eigenvalue weighted by molar-refractivity contribution is 7.89. The molecule has 3 N–H and O–H groups in total. The van der Waals surface area contributed by atoms with Gasteiger partial charge in [0.05, 0.1) is 0 Å². The van der Waals surface area contributed by atoms with Crippen LogP contribution >= 0.6 is 0 Å². The van der Waals surface area contributed by atoms with Crippen LogP contribution in [-0.4, -0.2) is 14.5 Å². The second kappa shape index (κ2) is 4.51. The number of anilines is 1. The Morgan fingerprint density at radius 1 is 1.44 bits per heavy atom. The zero-order valence-electron chi connectivity index (χ0n) is 10.4. The molecule has 4 nitrogen and oxygen atoms in total. The van der Waals surface area contributed by atoms with E-state index in [0.29, 0.717) is 11.5 Å². The molecular formula is C12H17FN2O2S. The second-order valence-corrected chi connectivity index (χ2v) is 6.57. The third-order valence-electron chi connectivity index (χ3n) is 3.28. The highest BCUT2D eigenvalue weighted by Crippen LogP contribution is 2.33. The van der Waals surface area contributed by atoms with E-state index < -0.39 is 15.8 Å². The first kappa shape index (κ1) is 13.3. The van der Waals surface area contributed by atoms with Gasteiger partial charge < -0.3 is 5.73 Å². The van der Waals surface area contributed by atoms with E-state index >= 15 is 0 Å². The Labute approximate surface area is 106 Å². The normalized spacial score (nSPS) is 17.7. The summed E-state index contributed by atoms with van der Waals surface area (Å²) >= 11 is 0. The Kier molecular flexibility index (Phi) is 3.33. The molecule has 1 unspecified atom stereocenters. The molecule has 100 valence electrons. The summed E-state index contributed by atoms with van der Waals surface area (Å²) in [5.74, 6) is -0.400. The first-order chi connectivity index (χ1) is 8.31. The zero-order chi connectivity index (χ0) is 13.5. The predicted octanol–water partition coefficient (Wildman–Crippen LogP) is 1.79. The quantitative estimate of drug-likeness (QED) is 0.821. The van der Waals surface area contributed by atoms with Gasteiger partial charge in [-0.2, -0.15) is 0 Å². The third-order valence-corrected chi connectivity index (χ3v) is 4.85. The van der Waals surface area contributed by atoms with Gasteiger partial charge in [-0.1, -0.05) is 0 Å². The lowest BCUT2D eigenvalue weighted by atomic mass is 10.2. The number of nitrogens with two attached hydrogens (primary N) is 1. The number of halogens is 1. The van der Waals surface area contributed by atoms with E-state index in [-0.39, 0.29) is 16.6 Å². The molecule has 18 heavy (non-hydrogen) atoms. The van der Waals surface area contributed by atoms with E-state index in [9.17, 15) is 12.8 Å². The maximum Gasteiger partial charge on any atom is 0.243 e. The Morgan fingerprint density at radius 2 is 2.06 bits per heavy atom. The van der Waals surface area contributed by atoms with Crippen molar-refractivity contribution in [3.05, 3.63) is 23.5 Å². The molecule has 1 aliphatic carbocycles. The molecule has 0 aromatic heterocycles. The van der Waals surface area contributed by atoms with Crippen molar-refractivity contribution in [1.29, 1.82) is 0 Å². The molecule has 0 heterocycles. The molecule has 0 bridgehead atoms. The summed E-state index contributed by atoms with van der Waals surface area (Å²) in [5, 5.41) is 0. The molecule has 6 heteroatoms. The van der Waals surface area contributed by atoms with Crippen LogP contribution < -0.4 is 10.5 Å². The number of aryl methyl sites for hydroxylation is 1. The molecule has 1 aromatic rings. The van der Waals surface area contributed by atoms with Crippen molar-refractivity contribution in [3.63, 3.8) is 0 Å². The van der Waals surface area contributed by atoms with E-state index in [4.69, 9.17) is 5.73 Å². The lowest BCUT2D eigenvalue weighted by Crippen LogP contribution is -2.34. The van der Waals surface area contributed by atoms with Crippen molar-refractivity contribution in [2.24, 2.45) is 5.92 Å². The molecule has 1 fully saturated rings. The van der Waals surface area contributed by atoms with Crippen LogP contribution in [0.4, 0.5) is 10.1 Å². The van der Waals surface area contributed by atoms with Gasteiger partial charge >= 0.3 is 0 Å². The largest absolute Gasteiger partial charge is 0.398 e. The number of rotatable bonds is 4. The summed E-state index contributed by atoms with van der Waals surface area (Å²) in [6.07, 6.45) is 2.03. The third kappa shape index (κ3) is 2.64. The van der Waals surface area contributed by atoms with Crippen LogP contribution in [0.2, 0.25) is 0 Å². The van der Waals surface area contributed by atoms with E-state index in [1.54, 1.807) is 13.8 Å². The number of hydrogen-bond acceptors (Lipinski definition) is 3. The molecule has 0 spiro atoms. The summed E-state index contributed by atoms with van der Waals surface area (Å²) in [6.45, 7) is 3.43. The van der Waals surface area contributed by atoms with Crippen molar-refractivity contribution in [2.45, 2.75) is 37.6 Å². The molecule has 0 amide bonds. The molecule has 1 atom stereocenters. The molecule has 1 aromatic carbocycles. The Morgan fingerprint density at radius 3 is 2.61 bits per heavy atom. The first-order valence-electron chi connectivity index (χ1n) is 5.89. The molecule has 0 radical (unpaired) electrons. The van der Waals surface area contributed by atoms with Gasteiger partial charge in [0.2, 0.25) is 10.0 Å². The molecule has 0 saturated heterocycles. The number of sulfonamides is 1. The van der Waals surface area contributed by atoms with Gasteiger partial charge in [0.15, 0.2) is 0 Å². The second-order valence-electron chi connectivity index (χ2n) is 4.89. The van der Waals surface area contributed by atoms with Gasteiger partial charge in [-0.15, -0.1) is 0 Å². The highest BCUT2D eigenvalue weighted by Gasteiger charge is 2.32. The molecule has 1 aliphatic rings. The number of hydrogen-bond donors (Lipinski definition) is 2. The number of nitrogen functional groups attached to an aromatic ring is 1. The molecule has 0 aliphatic heterocycles. The van der Waals surface area contributed by atoms with Crippen LogP contribution in [0.25, 0.3) is 0 Å². The smallest absolute Gasteiger partial charge is 0.243 e. The Balaban J connectivity index is 2.31. The summed E-state index contributed by atoms with van der Waals surface area (Å²) in [7, 11) is -3.84. The fourth-order valence-corrected chi connectivity index (χ4v) is 3.28. The van der Waals surface area contributed by atoms with Crippen LogP contribution in [-0.2, 0) is 10.0 Å². The van der Waals surface area contributed by atoms with Crippen molar-refractivity contribution in [3.8, 4) is 0 Å². The average molecular weight is 272 g/mol. The minimum atomic E-state index is -3.84. The Bertz CT molecular complexity index is 568. The summed E-state index contributed by atoms with van der Waals surface area (Å²) in [4.78, 5) is -0.377. The minimum absolute atomic E-state index is 0.170. The van der Waals surface area contributed by atoms with Crippen LogP contribution in [0.15, 0.2) is 17.0 Å². The van der Waals surface area contributed by atoms with Crippen molar-refractivity contribution < 1.29 is 12.8 Å². The topological polar surface area (TPSA) is 72.2 Å². The number of benzene rings is 1. The van der Waals surface area contributed by atoms with Gasteiger partial charge in [-0.25, -0.2) is 17.5 Å². The van der Waals surface area contributed by atoms with Crippen molar-refractivity contribution in [1.82, 2.24) is 4.72 Å². The lowest BCUT2D eigenvalue weighted by Gasteiger charge is -2.14. The van der Waals surface area contributed by atoms with Crippen LogP contribution in [0, 0.1) is 18.7 Å². The number of nitrogens with one attached hydrogen (secondary N) is 1. The van der Waals surface area contributed by atoms with Crippen LogP contribution in [0.5, 0.6) is 0 Å². The molecular weight excluding hydrogens is 255 g/mol. The average Bonchev–Trinajstić information content (AvgIpc) is 3.05. The first-order valence-corrected chi connectivity index (χ1v) is 7.37. The fourth-order valence-electron chi connectivity index (χ4n) is 1.88. The lowest BCUT2D eigenvalue weighted by molar-refractivity contribution is 0.526. The predicted molar refractivity (Wildman–Crippen MR) is 68.1 cm³/mol. The van der Waals surface area contributed by atoms with Crippen molar-refractivity contribution in [2.75, 3.05) is 5.73 Å². The van der Waals surface area contributed by atoms with Gasteiger partial charge in [-0.3, -0.25) is 0 Å². The SMILES string of the molecule is Cc1cc(F)c(S(=O)(=O)NC(C)C2CC2)cc1N. The standard InChI is InChI=1S/C12H17FN2O2S/c1-7-5-10(13)12(6-11(7)14)18(16,17)15-8(2)9-3-4-9/h5-6,8-9,15H,3-4,14H2,1-2H3. The maximum absolute atomic E-state index is 13.7. The zero-order valence-corrected chi connectivity index (χ0v) is 11.2. The molecule has 2 rings (SSSR count). The van der Waals surface area contributed by atoms with E-state index in [1.165, 1.54) is 6.07 Å². The Hall–Kier alpha value is -1.14. The highest BCUT2D eigenvalue weighted by atomic mass is 32.2. The van der Waals surface area contributed by atoms with Crippen LogP contribution in [0.1, 0.15) is 25.3 Å². The maximum atomic E-state index is 13.7. The van der Waals surface area contributed by atoms with Gasteiger partial charge in [-0.05, 0) is 50.3 Å². The van der Waals surface area contributed by atoms with Gasteiger partial charge in [0.1, 0.15) is 10.7 Å². The van der Waals surface area contributed by atoms with Gasteiger partial charge in [0.25, 0.3) is 0 Å². The summed E-state index contributed by atoms with van der Waals surface area (Å²) in [5.41, 5.74) is 6.43. The van der Waals surface area contributed by atoms with Crippen LogP contribution in [0.3, 0.4) is 0 Å². The molecule has 1 saturated carbocycles. The van der Waals surface area contributed by atoms with E-state index in [0.717, 1.165) is 18.9 Å². The van der Waals surface area contributed by atoms with Gasteiger partial charge in [0, 0.05) is 11.7 Å². The minimum Gasteiger partial charge on any atom is -0.398 e. The van der Waals surface area contributed by atoms with E-state index in [2.05, 4.69) is 4.72 Å². The fraction of sp³-hybridized carbons (Fsp3) is 0.500. The monoisotopic (exact) mass is 272 g/mol. The summed E-state index contributed by atoms with van der Waals surface area (Å²) in [6, 6.07) is 2.15. The van der Waals surface area contributed by atoms with Crippen molar-refractivity contribution >= 4 is 15.7 Å². The summed E-state index contributed by atoms with van der Waals surface area (Å²) < 4.78 is 40.3. The van der Waals surface area contributed by atoms with E-state index in [1.807, 2.05) is 0 Å².